The summed E-state index contributed by atoms with van der Waals surface area (Å²) >= 11 is 0. The Balaban J connectivity index is 0.000000921. The monoisotopic (exact) mass is 380 g/mol. The standard InChI is InChI=1S/C22H28N2.2C2H6/c1-6-8-17(9-7-2)22-21-18(12-13-24(22)15(3)4)19-14-16(5)10-11-20(19)23-21;2*1-2/h6,8-11,14,22-23H,3,7,12-13H2,1-2,4-5H3;2*1-2H3/b8-6-,17-9+;;. The number of aryl methyl sites for hydroxylation is 1. The summed E-state index contributed by atoms with van der Waals surface area (Å²) in [6.45, 7) is 21.8. The van der Waals surface area contributed by atoms with Gasteiger partial charge in [-0.1, -0.05) is 71.1 Å². The second-order valence-corrected chi connectivity index (χ2v) is 6.76. The van der Waals surface area contributed by atoms with Crippen molar-refractivity contribution in [2.24, 2.45) is 0 Å². The second-order valence-electron chi connectivity index (χ2n) is 6.76. The van der Waals surface area contributed by atoms with Crippen LogP contribution in [0.4, 0.5) is 0 Å². The molecule has 1 aromatic carbocycles. The largest absolute Gasteiger partial charge is 0.363 e. The third kappa shape index (κ3) is 4.98. The number of allylic oxidation sites excluding steroid dienone is 3. The van der Waals surface area contributed by atoms with Gasteiger partial charge in [0.1, 0.15) is 0 Å². The molecule has 3 rings (SSSR count). The van der Waals surface area contributed by atoms with Crippen LogP contribution in [-0.4, -0.2) is 16.4 Å². The smallest absolute Gasteiger partial charge is 0.0941 e. The van der Waals surface area contributed by atoms with Gasteiger partial charge in [0.25, 0.3) is 0 Å². The molecule has 1 aromatic heterocycles. The van der Waals surface area contributed by atoms with Crippen LogP contribution in [0.15, 0.2) is 54.3 Å². The highest BCUT2D eigenvalue weighted by atomic mass is 15.2. The molecule has 1 aliphatic rings. The molecule has 0 bridgehead atoms. The van der Waals surface area contributed by atoms with Gasteiger partial charge < -0.3 is 9.88 Å². The normalized spacial score (nSPS) is 16.2. The van der Waals surface area contributed by atoms with Crippen molar-refractivity contribution >= 4 is 10.9 Å². The van der Waals surface area contributed by atoms with E-state index in [0.29, 0.717) is 0 Å². The first-order chi connectivity index (χ1) is 13.6. The van der Waals surface area contributed by atoms with Crippen LogP contribution in [-0.2, 0) is 6.42 Å². The van der Waals surface area contributed by atoms with Gasteiger partial charge in [-0.3, -0.25) is 0 Å². The Bertz CT molecular complexity index is 820. The van der Waals surface area contributed by atoms with Gasteiger partial charge in [0.05, 0.1) is 6.04 Å². The number of benzene rings is 1. The molecule has 2 heteroatoms. The molecule has 2 nitrogen and oxygen atoms in total. The van der Waals surface area contributed by atoms with Crippen molar-refractivity contribution in [3.63, 3.8) is 0 Å². The zero-order valence-electron chi connectivity index (χ0n) is 19.3. The number of nitrogens with one attached hydrogen (secondary N) is 1. The average molecular weight is 381 g/mol. The molecule has 154 valence electrons. The van der Waals surface area contributed by atoms with Crippen LogP contribution in [0.2, 0.25) is 0 Å². The van der Waals surface area contributed by atoms with Crippen LogP contribution < -0.4 is 0 Å². The van der Waals surface area contributed by atoms with Gasteiger partial charge >= 0.3 is 0 Å². The third-order valence-corrected chi connectivity index (χ3v) is 4.89. The molecule has 0 saturated carbocycles. The molecule has 1 unspecified atom stereocenters. The van der Waals surface area contributed by atoms with Gasteiger partial charge in [-0.05, 0) is 56.9 Å². The first-order valence-electron chi connectivity index (χ1n) is 10.9. The van der Waals surface area contributed by atoms with Crippen LogP contribution >= 0.6 is 0 Å². The molecule has 1 N–H and O–H groups in total. The fourth-order valence-corrected chi connectivity index (χ4v) is 3.86. The van der Waals surface area contributed by atoms with Crippen LogP contribution in [0.5, 0.6) is 0 Å². The lowest BCUT2D eigenvalue weighted by atomic mass is 9.91. The summed E-state index contributed by atoms with van der Waals surface area (Å²) in [6.07, 6.45) is 8.83. The van der Waals surface area contributed by atoms with E-state index in [2.05, 4.69) is 80.6 Å². The summed E-state index contributed by atoms with van der Waals surface area (Å²) < 4.78 is 0. The van der Waals surface area contributed by atoms with E-state index in [-0.39, 0.29) is 6.04 Å². The summed E-state index contributed by atoms with van der Waals surface area (Å²) in [5, 5.41) is 1.38. The average Bonchev–Trinajstić information content (AvgIpc) is 3.08. The van der Waals surface area contributed by atoms with Gasteiger partial charge in [-0.15, -0.1) is 0 Å². The summed E-state index contributed by atoms with van der Waals surface area (Å²) in [7, 11) is 0. The lowest BCUT2D eigenvalue weighted by molar-refractivity contribution is 0.272. The molecule has 0 aliphatic carbocycles. The highest BCUT2D eigenvalue weighted by molar-refractivity contribution is 5.86. The van der Waals surface area contributed by atoms with Crippen LogP contribution in [0, 0.1) is 6.92 Å². The Kier molecular flexibility index (Phi) is 9.85. The maximum absolute atomic E-state index is 4.23. The van der Waals surface area contributed by atoms with E-state index in [1.165, 1.54) is 33.3 Å². The molecule has 2 heterocycles. The van der Waals surface area contributed by atoms with Crippen molar-refractivity contribution in [1.82, 2.24) is 9.88 Å². The van der Waals surface area contributed by atoms with E-state index >= 15 is 0 Å². The van der Waals surface area contributed by atoms with Gasteiger partial charge in [-0.2, -0.15) is 0 Å². The molecule has 0 radical (unpaired) electrons. The first kappa shape index (κ1) is 23.8. The highest BCUT2D eigenvalue weighted by Crippen LogP contribution is 2.40. The van der Waals surface area contributed by atoms with Crippen molar-refractivity contribution in [3.05, 3.63) is 71.1 Å². The number of hydrogen-bond donors (Lipinski definition) is 1. The van der Waals surface area contributed by atoms with Crippen molar-refractivity contribution < 1.29 is 0 Å². The number of hydrogen-bond acceptors (Lipinski definition) is 1. The van der Waals surface area contributed by atoms with E-state index in [1.54, 1.807) is 0 Å². The Labute approximate surface area is 173 Å². The Hall–Kier alpha value is -2.22. The zero-order valence-corrected chi connectivity index (χ0v) is 19.3. The number of fused-ring (bicyclic) bond motifs is 3. The topological polar surface area (TPSA) is 19.0 Å². The van der Waals surface area contributed by atoms with E-state index in [4.69, 9.17) is 0 Å². The van der Waals surface area contributed by atoms with Gasteiger partial charge in [0.15, 0.2) is 0 Å². The van der Waals surface area contributed by atoms with Gasteiger partial charge in [0.2, 0.25) is 0 Å². The Morgan fingerprint density at radius 3 is 2.50 bits per heavy atom. The fraction of sp³-hybridized carbons (Fsp3) is 0.462. The zero-order chi connectivity index (χ0) is 21.3. The molecule has 0 saturated heterocycles. The molecule has 0 fully saturated rings. The number of nitrogens with zero attached hydrogens (tertiary/aromatic N) is 1. The molecule has 28 heavy (non-hydrogen) atoms. The molecule has 0 spiro atoms. The number of rotatable bonds is 4. The minimum absolute atomic E-state index is 0.232. The van der Waals surface area contributed by atoms with Crippen molar-refractivity contribution in [1.29, 1.82) is 0 Å². The molecular weight excluding hydrogens is 340 g/mol. The number of H-pyrrole nitrogens is 1. The van der Waals surface area contributed by atoms with Crippen molar-refractivity contribution in [3.8, 4) is 0 Å². The molecular formula is C26H40N2. The summed E-state index contributed by atoms with van der Waals surface area (Å²) in [6, 6.07) is 6.95. The molecule has 1 atom stereocenters. The molecule has 2 aromatic rings. The highest BCUT2D eigenvalue weighted by Gasteiger charge is 2.31. The molecule has 0 amide bonds. The predicted molar refractivity (Wildman–Crippen MR) is 127 cm³/mol. The third-order valence-electron chi connectivity index (χ3n) is 4.89. The summed E-state index contributed by atoms with van der Waals surface area (Å²) in [5.74, 6) is 0. The lowest BCUT2D eigenvalue weighted by Crippen LogP contribution is -2.34. The fourth-order valence-electron chi connectivity index (χ4n) is 3.86. The van der Waals surface area contributed by atoms with Crippen molar-refractivity contribution in [2.75, 3.05) is 6.54 Å². The van der Waals surface area contributed by atoms with E-state index in [9.17, 15) is 0 Å². The van der Waals surface area contributed by atoms with Crippen LogP contribution in [0.1, 0.15) is 77.7 Å². The summed E-state index contributed by atoms with van der Waals surface area (Å²) in [5.41, 5.74) is 7.86. The van der Waals surface area contributed by atoms with E-state index < -0.39 is 0 Å². The van der Waals surface area contributed by atoms with Gasteiger partial charge in [0, 0.05) is 28.8 Å². The minimum atomic E-state index is 0.232. The first-order valence-corrected chi connectivity index (χ1v) is 10.9. The second kappa shape index (κ2) is 11.6. The number of aromatic amines is 1. The van der Waals surface area contributed by atoms with Crippen LogP contribution in [0.3, 0.4) is 0 Å². The Morgan fingerprint density at radius 1 is 1.25 bits per heavy atom. The van der Waals surface area contributed by atoms with Gasteiger partial charge in [-0.25, -0.2) is 0 Å². The SMILES string of the molecule is C=C(C)N1CCc2c([nH]c3ccc(C)cc23)C1C(/C=C\C)=C/CC.CC.CC. The Morgan fingerprint density at radius 2 is 1.93 bits per heavy atom. The van der Waals surface area contributed by atoms with E-state index in [0.717, 1.165) is 25.1 Å². The summed E-state index contributed by atoms with van der Waals surface area (Å²) in [4.78, 5) is 6.15. The molecule has 1 aliphatic heterocycles. The van der Waals surface area contributed by atoms with Crippen LogP contribution in [0.25, 0.3) is 10.9 Å². The quantitative estimate of drug-likeness (QED) is 0.534. The maximum Gasteiger partial charge on any atom is 0.0941 e. The lowest BCUT2D eigenvalue weighted by Gasteiger charge is -2.38. The predicted octanol–water partition coefficient (Wildman–Crippen LogP) is 7.87. The van der Waals surface area contributed by atoms with Crippen molar-refractivity contribution in [2.45, 2.75) is 74.3 Å². The minimum Gasteiger partial charge on any atom is -0.363 e. The van der Waals surface area contributed by atoms with E-state index in [1.807, 2.05) is 27.7 Å². The maximum atomic E-state index is 4.23. The number of aromatic nitrogens is 1.